The zero-order valence-corrected chi connectivity index (χ0v) is 12.4. The number of aromatic nitrogens is 2. The average Bonchev–Trinajstić information content (AvgIpc) is 2.88. The van der Waals surface area contributed by atoms with Crippen molar-refractivity contribution in [2.24, 2.45) is 0 Å². The van der Waals surface area contributed by atoms with Gasteiger partial charge in [-0.25, -0.2) is 4.98 Å². The zero-order chi connectivity index (χ0) is 14.7. The van der Waals surface area contributed by atoms with E-state index < -0.39 is 0 Å². The Kier molecular flexibility index (Phi) is 4.23. The van der Waals surface area contributed by atoms with Gasteiger partial charge in [0.15, 0.2) is 0 Å². The van der Waals surface area contributed by atoms with Gasteiger partial charge in [0.2, 0.25) is 0 Å². The number of benzene rings is 1. The van der Waals surface area contributed by atoms with E-state index in [-0.39, 0.29) is 11.9 Å². The number of rotatable bonds is 4. The van der Waals surface area contributed by atoms with Gasteiger partial charge in [-0.05, 0) is 38.3 Å². The van der Waals surface area contributed by atoms with Crippen LogP contribution in [0.4, 0.5) is 0 Å². The smallest absolute Gasteiger partial charge is 0.252 e. The largest absolute Gasteiger partial charge is 0.347 e. The van der Waals surface area contributed by atoms with E-state index in [1.54, 1.807) is 12.4 Å². The molecule has 2 rings (SSSR count). The van der Waals surface area contributed by atoms with Crippen molar-refractivity contribution in [3.8, 4) is 0 Å². The molecule has 0 spiro atoms. The van der Waals surface area contributed by atoms with Crippen LogP contribution < -0.4 is 5.32 Å². The lowest BCUT2D eigenvalue weighted by molar-refractivity contribution is 0.0932. The molecule has 0 bridgehead atoms. The second-order valence-corrected chi connectivity index (χ2v) is 5.18. The molecule has 1 unspecified atom stereocenters. The molecule has 1 amide bonds. The molecule has 0 fully saturated rings. The second kappa shape index (κ2) is 5.90. The van der Waals surface area contributed by atoms with Crippen LogP contribution in [-0.2, 0) is 0 Å². The minimum Gasteiger partial charge on any atom is -0.347 e. The molecule has 106 valence electrons. The lowest BCUT2D eigenvalue weighted by Crippen LogP contribution is -2.30. The molecule has 0 saturated carbocycles. The summed E-state index contributed by atoms with van der Waals surface area (Å²) in [6.07, 6.45) is 4.27. The molecule has 1 aromatic carbocycles. The maximum Gasteiger partial charge on any atom is 0.252 e. The fraction of sp³-hybridized carbons (Fsp3) is 0.375. The van der Waals surface area contributed by atoms with Crippen molar-refractivity contribution in [3.63, 3.8) is 0 Å². The molecule has 1 aromatic heterocycles. The summed E-state index contributed by atoms with van der Waals surface area (Å²) in [6, 6.07) is 3.99. The van der Waals surface area contributed by atoms with Crippen LogP contribution in [0.5, 0.6) is 0 Å². The van der Waals surface area contributed by atoms with Crippen molar-refractivity contribution in [2.75, 3.05) is 0 Å². The molecule has 2 N–H and O–H groups in total. The normalized spacial score (nSPS) is 12.2. The number of nitrogens with one attached hydrogen (secondary N) is 2. The van der Waals surface area contributed by atoms with Crippen LogP contribution >= 0.6 is 0 Å². The third kappa shape index (κ3) is 2.90. The van der Waals surface area contributed by atoms with Crippen molar-refractivity contribution in [1.82, 2.24) is 15.3 Å². The number of aryl methyl sites for hydroxylation is 3. The van der Waals surface area contributed by atoms with Crippen molar-refractivity contribution in [2.45, 2.75) is 40.2 Å². The number of carbonyl (C=O) groups excluding carboxylic acids is 1. The number of aromatic amines is 1. The Labute approximate surface area is 119 Å². The van der Waals surface area contributed by atoms with E-state index in [2.05, 4.69) is 15.3 Å². The number of imidazole rings is 1. The Bertz CT molecular complexity index is 579. The van der Waals surface area contributed by atoms with Crippen LogP contribution in [0.1, 0.15) is 52.3 Å². The predicted molar refractivity (Wildman–Crippen MR) is 79.7 cm³/mol. The van der Waals surface area contributed by atoms with Crippen LogP contribution in [0.15, 0.2) is 24.5 Å². The quantitative estimate of drug-likeness (QED) is 0.897. The topological polar surface area (TPSA) is 57.8 Å². The molecule has 1 atom stereocenters. The minimum absolute atomic E-state index is 0.0387. The molecule has 20 heavy (non-hydrogen) atoms. The lowest BCUT2D eigenvalue weighted by atomic mass is 9.99. The first-order valence-corrected chi connectivity index (χ1v) is 6.91. The van der Waals surface area contributed by atoms with Gasteiger partial charge in [0.25, 0.3) is 5.91 Å². The highest BCUT2D eigenvalue weighted by Crippen LogP contribution is 2.19. The Hall–Kier alpha value is -2.10. The molecule has 0 aliphatic rings. The van der Waals surface area contributed by atoms with E-state index in [0.717, 1.165) is 28.9 Å². The Balaban J connectivity index is 2.24. The van der Waals surface area contributed by atoms with Crippen molar-refractivity contribution >= 4 is 5.91 Å². The van der Waals surface area contributed by atoms with E-state index in [0.29, 0.717) is 0 Å². The van der Waals surface area contributed by atoms with Gasteiger partial charge in [-0.1, -0.05) is 24.6 Å². The summed E-state index contributed by atoms with van der Waals surface area (Å²) < 4.78 is 0. The van der Waals surface area contributed by atoms with Gasteiger partial charge in [-0.15, -0.1) is 0 Å². The second-order valence-electron chi connectivity index (χ2n) is 5.18. The molecule has 0 radical (unpaired) electrons. The predicted octanol–water partition coefficient (Wildman–Crippen LogP) is 3.22. The SMILES string of the molecule is CCC(NC(=O)c1c(C)cc(C)cc1C)c1ncc[nH]1. The Morgan fingerprint density at radius 2 is 1.95 bits per heavy atom. The number of amides is 1. The summed E-state index contributed by atoms with van der Waals surface area (Å²) in [5.74, 6) is 0.756. The van der Waals surface area contributed by atoms with E-state index in [1.165, 1.54) is 5.56 Å². The summed E-state index contributed by atoms with van der Waals surface area (Å²) in [5.41, 5.74) is 3.96. The van der Waals surface area contributed by atoms with E-state index in [1.807, 2.05) is 39.8 Å². The van der Waals surface area contributed by atoms with Crippen LogP contribution in [0.3, 0.4) is 0 Å². The van der Waals surface area contributed by atoms with E-state index >= 15 is 0 Å². The highest BCUT2D eigenvalue weighted by molar-refractivity contribution is 5.97. The number of H-pyrrole nitrogens is 1. The van der Waals surface area contributed by atoms with Crippen LogP contribution in [0, 0.1) is 20.8 Å². The first-order chi connectivity index (χ1) is 9.52. The fourth-order valence-electron chi connectivity index (χ4n) is 2.60. The van der Waals surface area contributed by atoms with Crippen molar-refractivity contribution in [1.29, 1.82) is 0 Å². The van der Waals surface area contributed by atoms with Gasteiger partial charge < -0.3 is 10.3 Å². The third-order valence-corrected chi connectivity index (χ3v) is 3.47. The summed E-state index contributed by atoms with van der Waals surface area (Å²) in [7, 11) is 0. The zero-order valence-electron chi connectivity index (χ0n) is 12.4. The molecular formula is C16H21N3O. The van der Waals surface area contributed by atoms with E-state index in [4.69, 9.17) is 0 Å². The first kappa shape index (κ1) is 14.3. The summed E-state index contributed by atoms with van der Waals surface area (Å²) in [6.45, 7) is 8.02. The van der Waals surface area contributed by atoms with Crippen LogP contribution in [0.25, 0.3) is 0 Å². The standard InChI is InChI=1S/C16H21N3O/c1-5-13(15-17-6-7-18-15)19-16(20)14-11(3)8-10(2)9-12(14)4/h6-9,13H,5H2,1-4H3,(H,17,18)(H,19,20). The van der Waals surface area contributed by atoms with Gasteiger partial charge in [0.05, 0.1) is 6.04 Å². The average molecular weight is 271 g/mol. The van der Waals surface area contributed by atoms with Crippen LogP contribution in [0.2, 0.25) is 0 Å². The maximum atomic E-state index is 12.5. The van der Waals surface area contributed by atoms with Crippen molar-refractivity contribution in [3.05, 3.63) is 52.6 Å². The highest BCUT2D eigenvalue weighted by atomic mass is 16.1. The monoisotopic (exact) mass is 271 g/mol. The third-order valence-electron chi connectivity index (χ3n) is 3.47. The highest BCUT2D eigenvalue weighted by Gasteiger charge is 2.18. The Morgan fingerprint density at radius 3 is 2.45 bits per heavy atom. The maximum absolute atomic E-state index is 12.5. The molecule has 0 aliphatic carbocycles. The molecule has 0 saturated heterocycles. The van der Waals surface area contributed by atoms with Gasteiger partial charge in [-0.3, -0.25) is 4.79 Å². The molecule has 2 aromatic rings. The summed E-state index contributed by atoms with van der Waals surface area (Å²) in [4.78, 5) is 19.8. The van der Waals surface area contributed by atoms with Gasteiger partial charge in [-0.2, -0.15) is 0 Å². The Morgan fingerprint density at radius 1 is 1.30 bits per heavy atom. The first-order valence-electron chi connectivity index (χ1n) is 6.91. The fourth-order valence-corrected chi connectivity index (χ4v) is 2.60. The van der Waals surface area contributed by atoms with Gasteiger partial charge in [0.1, 0.15) is 5.82 Å². The lowest BCUT2D eigenvalue weighted by Gasteiger charge is -2.17. The van der Waals surface area contributed by atoms with Gasteiger partial charge >= 0.3 is 0 Å². The number of carbonyl (C=O) groups is 1. The number of nitrogens with zero attached hydrogens (tertiary/aromatic N) is 1. The number of hydrogen-bond acceptors (Lipinski definition) is 2. The van der Waals surface area contributed by atoms with Crippen molar-refractivity contribution < 1.29 is 4.79 Å². The van der Waals surface area contributed by atoms with Crippen LogP contribution in [-0.4, -0.2) is 15.9 Å². The number of hydrogen-bond donors (Lipinski definition) is 2. The molecule has 4 heteroatoms. The van der Waals surface area contributed by atoms with E-state index in [9.17, 15) is 4.79 Å². The molecule has 1 heterocycles. The van der Waals surface area contributed by atoms with Gasteiger partial charge in [0, 0.05) is 18.0 Å². The summed E-state index contributed by atoms with van der Waals surface area (Å²) in [5, 5.41) is 3.05. The minimum atomic E-state index is -0.0856. The molecule has 4 nitrogen and oxygen atoms in total. The molecular weight excluding hydrogens is 250 g/mol. The molecule has 0 aliphatic heterocycles. The summed E-state index contributed by atoms with van der Waals surface area (Å²) >= 11 is 0.